The molecule has 0 aliphatic rings. The number of nitrogens with two attached hydrogens (primary N) is 1. The Hall–Kier alpha value is -1.65. The Labute approximate surface area is 107 Å². The van der Waals surface area contributed by atoms with E-state index in [-0.39, 0.29) is 4.90 Å². The van der Waals surface area contributed by atoms with Crippen LogP contribution in [0.1, 0.15) is 12.5 Å². The lowest BCUT2D eigenvalue weighted by molar-refractivity contribution is 0.598. The molecule has 2 N–H and O–H groups in total. The zero-order chi connectivity index (χ0) is 13.2. The van der Waals surface area contributed by atoms with Gasteiger partial charge in [-0.1, -0.05) is 49.4 Å². The fourth-order valence-electron chi connectivity index (χ4n) is 2.04. The van der Waals surface area contributed by atoms with Crippen molar-refractivity contribution in [3.63, 3.8) is 0 Å². The quantitative estimate of drug-likeness (QED) is 0.923. The van der Waals surface area contributed by atoms with Gasteiger partial charge in [-0.15, -0.1) is 0 Å². The van der Waals surface area contributed by atoms with Crippen molar-refractivity contribution < 1.29 is 8.42 Å². The fourth-order valence-corrected chi connectivity index (χ4v) is 2.84. The minimum atomic E-state index is -3.71. The SMILES string of the molecule is CCc1cccc(S(N)(=O)=O)c1-c1ccccc1. The minimum Gasteiger partial charge on any atom is -0.225 e. The second kappa shape index (κ2) is 4.92. The van der Waals surface area contributed by atoms with Gasteiger partial charge in [-0.2, -0.15) is 0 Å². The molecule has 0 unspecified atom stereocenters. The first-order chi connectivity index (χ1) is 8.54. The zero-order valence-electron chi connectivity index (χ0n) is 10.1. The van der Waals surface area contributed by atoms with Gasteiger partial charge < -0.3 is 0 Å². The molecule has 0 spiro atoms. The van der Waals surface area contributed by atoms with Crippen LogP contribution < -0.4 is 5.14 Å². The molecule has 94 valence electrons. The molecule has 18 heavy (non-hydrogen) atoms. The van der Waals surface area contributed by atoms with Crippen molar-refractivity contribution in [2.24, 2.45) is 5.14 Å². The predicted octanol–water partition coefficient (Wildman–Crippen LogP) is 2.56. The largest absolute Gasteiger partial charge is 0.238 e. The summed E-state index contributed by atoms with van der Waals surface area (Å²) in [6, 6.07) is 14.7. The minimum absolute atomic E-state index is 0.188. The molecule has 0 aliphatic carbocycles. The van der Waals surface area contributed by atoms with Gasteiger partial charge in [-0.3, -0.25) is 0 Å². The second-order valence-corrected chi connectivity index (χ2v) is 5.58. The highest BCUT2D eigenvalue weighted by atomic mass is 32.2. The first-order valence-corrected chi connectivity index (χ1v) is 7.28. The molecule has 0 aromatic heterocycles. The molecule has 0 fully saturated rings. The molecule has 2 aromatic carbocycles. The van der Waals surface area contributed by atoms with E-state index >= 15 is 0 Å². The Morgan fingerprint density at radius 2 is 1.67 bits per heavy atom. The molecule has 0 saturated heterocycles. The molecule has 0 aliphatic heterocycles. The first kappa shape index (κ1) is 12.8. The topological polar surface area (TPSA) is 60.2 Å². The number of sulfonamides is 1. The highest BCUT2D eigenvalue weighted by Crippen LogP contribution is 2.30. The van der Waals surface area contributed by atoms with Crippen molar-refractivity contribution in [1.82, 2.24) is 0 Å². The maximum atomic E-state index is 11.7. The van der Waals surface area contributed by atoms with Gasteiger partial charge in [0.2, 0.25) is 10.0 Å². The van der Waals surface area contributed by atoms with Crippen LogP contribution in [0.2, 0.25) is 0 Å². The summed E-state index contributed by atoms with van der Waals surface area (Å²) in [5.41, 5.74) is 2.56. The lowest BCUT2D eigenvalue weighted by Crippen LogP contribution is -2.14. The Kier molecular flexibility index (Phi) is 3.50. The summed E-state index contributed by atoms with van der Waals surface area (Å²) in [7, 11) is -3.71. The summed E-state index contributed by atoms with van der Waals surface area (Å²) in [5.74, 6) is 0. The van der Waals surface area contributed by atoms with E-state index < -0.39 is 10.0 Å². The lowest BCUT2D eigenvalue weighted by atomic mass is 9.98. The summed E-state index contributed by atoms with van der Waals surface area (Å²) < 4.78 is 23.3. The fraction of sp³-hybridized carbons (Fsp3) is 0.143. The molecule has 4 heteroatoms. The highest BCUT2D eigenvalue weighted by Gasteiger charge is 2.17. The van der Waals surface area contributed by atoms with Crippen LogP contribution in [0, 0.1) is 0 Å². The standard InChI is InChI=1S/C14H15NO2S/c1-2-11-9-6-10-13(18(15,16)17)14(11)12-7-4-3-5-8-12/h3-10H,2H2,1H3,(H2,15,16,17). The van der Waals surface area contributed by atoms with Crippen LogP contribution in [0.15, 0.2) is 53.4 Å². The van der Waals surface area contributed by atoms with Crippen molar-refractivity contribution in [3.8, 4) is 11.1 Å². The maximum absolute atomic E-state index is 11.7. The molecule has 2 aromatic rings. The van der Waals surface area contributed by atoms with E-state index in [4.69, 9.17) is 5.14 Å². The van der Waals surface area contributed by atoms with Gasteiger partial charge in [0, 0.05) is 5.56 Å². The maximum Gasteiger partial charge on any atom is 0.238 e. The van der Waals surface area contributed by atoms with Gasteiger partial charge in [-0.25, -0.2) is 13.6 Å². The van der Waals surface area contributed by atoms with E-state index in [0.29, 0.717) is 5.56 Å². The van der Waals surface area contributed by atoms with E-state index in [9.17, 15) is 8.42 Å². The third-order valence-corrected chi connectivity index (χ3v) is 3.82. The number of hydrogen-bond donors (Lipinski definition) is 1. The molecule has 0 bridgehead atoms. The van der Waals surface area contributed by atoms with Gasteiger partial charge in [0.1, 0.15) is 0 Å². The summed E-state index contributed by atoms with van der Waals surface area (Å²) in [6.45, 7) is 1.99. The van der Waals surface area contributed by atoms with Crippen molar-refractivity contribution in [1.29, 1.82) is 0 Å². The van der Waals surface area contributed by atoms with Gasteiger partial charge in [0.05, 0.1) is 4.90 Å². The normalized spacial score (nSPS) is 11.4. The molecule has 2 rings (SSSR count). The number of rotatable bonds is 3. The van der Waals surface area contributed by atoms with Crippen LogP contribution in [-0.4, -0.2) is 8.42 Å². The number of primary sulfonamides is 1. The Bertz CT molecular complexity index is 649. The van der Waals surface area contributed by atoms with E-state index in [2.05, 4.69) is 0 Å². The molecular weight excluding hydrogens is 246 g/mol. The van der Waals surface area contributed by atoms with Crippen LogP contribution in [-0.2, 0) is 16.4 Å². The van der Waals surface area contributed by atoms with E-state index in [1.807, 2.05) is 43.3 Å². The van der Waals surface area contributed by atoms with Crippen molar-refractivity contribution in [2.45, 2.75) is 18.2 Å². The number of aryl methyl sites for hydroxylation is 1. The Morgan fingerprint density at radius 1 is 1.00 bits per heavy atom. The van der Waals surface area contributed by atoms with E-state index in [1.54, 1.807) is 12.1 Å². The van der Waals surface area contributed by atoms with Crippen molar-refractivity contribution in [2.75, 3.05) is 0 Å². The summed E-state index contributed by atoms with van der Waals surface area (Å²) >= 11 is 0. The van der Waals surface area contributed by atoms with Crippen LogP contribution in [0.5, 0.6) is 0 Å². The van der Waals surface area contributed by atoms with Crippen molar-refractivity contribution in [3.05, 3.63) is 54.1 Å². The van der Waals surface area contributed by atoms with Gasteiger partial charge >= 0.3 is 0 Å². The van der Waals surface area contributed by atoms with Crippen LogP contribution in [0.4, 0.5) is 0 Å². The number of benzene rings is 2. The smallest absolute Gasteiger partial charge is 0.225 e. The van der Waals surface area contributed by atoms with Crippen LogP contribution in [0.3, 0.4) is 0 Å². The molecule has 3 nitrogen and oxygen atoms in total. The zero-order valence-corrected chi connectivity index (χ0v) is 10.9. The summed E-state index contributed by atoms with van der Waals surface area (Å²) in [4.78, 5) is 0.188. The first-order valence-electron chi connectivity index (χ1n) is 5.74. The molecule has 0 heterocycles. The van der Waals surface area contributed by atoms with Gasteiger partial charge in [-0.05, 0) is 23.6 Å². The monoisotopic (exact) mass is 261 g/mol. The predicted molar refractivity (Wildman–Crippen MR) is 72.6 cm³/mol. The average molecular weight is 261 g/mol. The van der Waals surface area contributed by atoms with Crippen molar-refractivity contribution >= 4 is 10.0 Å². The molecular formula is C14H15NO2S. The number of hydrogen-bond acceptors (Lipinski definition) is 2. The Balaban J connectivity index is 2.79. The third kappa shape index (κ3) is 2.44. The lowest BCUT2D eigenvalue weighted by Gasteiger charge is -2.12. The Morgan fingerprint density at radius 3 is 2.22 bits per heavy atom. The second-order valence-electron chi connectivity index (χ2n) is 4.05. The molecule has 0 radical (unpaired) electrons. The average Bonchev–Trinajstić information content (AvgIpc) is 2.38. The summed E-state index contributed by atoms with van der Waals surface area (Å²) in [5, 5.41) is 5.29. The van der Waals surface area contributed by atoms with Crippen LogP contribution in [0.25, 0.3) is 11.1 Å². The van der Waals surface area contributed by atoms with E-state index in [0.717, 1.165) is 17.5 Å². The van der Waals surface area contributed by atoms with E-state index in [1.165, 1.54) is 0 Å². The van der Waals surface area contributed by atoms with Gasteiger partial charge in [0.25, 0.3) is 0 Å². The van der Waals surface area contributed by atoms with Gasteiger partial charge in [0.15, 0.2) is 0 Å². The molecule has 0 amide bonds. The molecule has 0 atom stereocenters. The van der Waals surface area contributed by atoms with Crippen LogP contribution >= 0.6 is 0 Å². The summed E-state index contributed by atoms with van der Waals surface area (Å²) in [6.07, 6.45) is 0.758. The highest BCUT2D eigenvalue weighted by molar-refractivity contribution is 7.89. The third-order valence-electron chi connectivity index (χ3n) is 2.86. The molecule has 0 saturated carbocycles.